The van der Waals surface area contributed by atoms with Gasteiger partial charge in [-0.25, -0.2) is 0 Å². The Morgan fingerprint density at radius 2 is 0.719 bits per heavy atom. The molecule has 2 heterocycles. The summed E-state index contributed by atoms with van der Waals surface area (Å²) in [7, 11) is 0. The molecule has 0 spiro atoms. The zero-order chi connectivity index (χ0) is 43.6. The van der Waals surface area contributed by atoms with E-state index in [1.807, 2.05) is 182 Å². The van der Waals surface area contributed by atoms with Gasteiger partial charge in [-0.3, -0.25) is 0 Å². The predicted molar refractivity (Wildman–Crippen MR) is 241 cm³/mol. The van der Waals surface area contributed by atoms with Crippen LogP contribution >= 0.6 is 0 Å². The van der Waals surface area contributed by atoms with Gasteiger partial charge in [-0.2, -0.15) is 0 Å². The smallest absolute Gasteiger partial charge is 0.184 e. The highest BCUT2D eigenvalue weighted by Crippen LogP contribution is 2.35. The zero-order valence-corrected chi connectivity index (χ0v) is 36.0. The van der Waals surface area contributed by atoms with Crippen LogP contribution in [0.25, 0.3) is 0 Å². The molecule has 2 saturated heterocycles. The molecule has 10 nitrogen and oxygen atoms in total. The van der Waals surface area contributed by atoms with Gasteiger partial charge in [-0.05, 0) is 33.4 Å². The SMILES string of the molecule is OC1OC(COCc2ccccc2)C(O[C@H]2C[C@@H](OCc3ccccc3)C(OCc3ccccc3)C(COCc3ccccc3)O2)C(OCc2ccccc2)C1OCc1ccccc1. The van der Waals surface area contributed by atoms with Crippen LogP contribution in [-0.2, 0) is 82.3 Å². The van der Waals surface area contributed by atoms with Crippen molar-refractivity contribution in [1.82, 2.24) is 0 Å². The minimum Gasteiger partial charge on any atom is -0.374 e. The van der Waals surface area contributed by atoms with Crippen molar-refractivity contribution < 1.29 is 47.7 Å². The van der Waals surface area contributed by atoms with Gasteiger partial charge in [0.15, 0.2) is 12.6 Å². The number of hydrogen-bond donors (Lipinski definition) is 1. The quantitative estimate of drug-likeness (QED) is 0.0712. The molecule has 2 aliphatic heterocycles. The molecule has 0 aromatic heterocycles. The Kier molecular flexibility index (Phi) is 17.3. The average molecular weight is 867 g/mol. The van der Waals surface area contributed by atoms with Crippen LogP contribution in [-0.4, -0.2) is 73.6 Å². The lowest BCUT2D eigenvalue weighted by Gasteiger charge is -2.47. The lowest BCUT2D eigenvalue weighted by molar-refractivity contribution is -0.352. The summed E-state index contributed by atoms with van der Waals surface area (Å²) in [6.45, 7) is 2.19. The molecule has 0 saturated carbocycles. The molecule has 0 aliphatic carbocycles. The van der Waals surface area contributed by atoms with Gasteiger partial charge in [-0.15, -0.1) is 0 Å². The summed E-state index contributed by atoms with van der Waals surface area (Å²) in [5.41, 5.74) is 6.01. The molecular formula is C54H58O10. The third kappa shape index (κ3) is 13.5. The van der Waals surface area contributed by atoms with E-state index in [1.165, 1.54) is 0 Å². The van der Waals surface area contributed by atoms with Crippen LogP contribution in [0.2, 0.25) is 0 Å². The second-order valence-electron chi connectivity index (χ2n) is 16.1. The van der Waals surface area contributed by atoms with Crippen LogP contribution in [0.1, 0.15) is 39.8 Å². The fourth-order valence-electron chi connectivity index (χ4n) is 8.04. The number of ether oxygens (including phenoxy) is 9. The van der Waals surface area contributed by atoms with Gasteiger partial charge < -0.3 is 47.7 Å². The zero-order valence-electron chi connectivity index (χ0n) is 36.0. The molecule has 10 heteroatoms. The summed E-state index contributed by atoms with van der Waals surface area (Å²) in [5, 5.41) is 11.7. The van der Waals surface area contributed by atoms with E-state index >= 15 is 0 Å². The van der Waals surface area contributed by atoms with Crippen molar-refractivity contribution in [2.75, 3.05) is 13.2 Å². The van der Waals surface area contributed by atoms with Crippen molar-refractivity contribution in [2.45, 2.75) is 101 Å². The molecule has 7 unspecified atom stereocenters. The summed E-state index contributed by atoms with van der Waals surface area (Å²) in [5.74, 6) is 0. The molecule has 0 amide bonds. The second-order valence-corrected chi connectivity index (χ2v) is 16.1. The van der Waals surface area contributed by atoms with Crippen molar-refractivity contribution in [1.29, 1.82) is 0 Å². The first-order valence-electron chi connectivity index (χ1n) is 22.1. The molecular weight excluding hydrogens is 809 g/mol. The maximum atomic E-state index is 11.7. The Morgan fingerprint density at radius 1 is 0.375 bits per heavy atom. The highest BCUT2D eigenvalue weighted by Gasteiger charge is 2.51. The maximum Gasteiger partial charge on any atom is 0.184 e. The Balaban J connectivity index is 1.09. The van der Waals surface area contributed by atoms with E-state index in [0.29, 0.717) is 32.8 Å². The van der Waals surface area contributed by atoms with Crippen LogP contribution in [0, 0.1) is 0 Å². The fraction of sp³-hybridized carbons (Fsp3) is 0.333. The minimum atomic E-state index is -1.35. The molecule has 2 fully saturated rings. The molecule has 2 aliphatic rings. The van der Waals surface area contributed by atoms with E-state index in [4.69, 9.17) is 42.6 Å². The topological polar surface area (TPSA) is 103 Å². The van der Waals surface area contributed by atoms with E-state index in [0.717, 1.165) is 33.4 Å². The molecule has 0 bridgehead atoms. The third-order valence-corrected chi connectivity index (χ3v) is 11.4. The fourth-order valence-corrected chi connectivity index (χ4v) is 8.04. The number of rotatable bonds is 22. The molecule has 64 heavy (non-hydrogen) atoms. The molecule has 9 atom stereocenters. The first-order chi connectivity index (χ1) is 31.6. The summed E-state index contributed by atoms with van der Waals surface area (Å²) in [4.78, 5) is 0. The second kappa shape index (κ2) is 24.3. The van der Waals surface area contributed by atoms with Crippen molar-refractivity contribution in [3.05, 3.63) is 215 Å². The average Bonchev–Trinajstić information content (AvgIpc) is 3.35. The van der Waals surface area contributed by atoms with E-state index in [-0.39, 0.29) is 26.4 Å². The lowest BCUT2D eigenvalue weighted by Crippen LogP contribution is -2.63. The van der Waals surface area contributed by atoms with Gasteiger partial charge in [0.2, 0.25) is 0 Å². The maximum absolute atomic E-state index is 11.7. The molecule has 1 N–H and O–H groups in total. The third-order valence-electron chi connectivity index (χ3n) is 11.4. The van der Waals surface area contributed by atoms with E-state index < -0.39 is 55.3 Å². The van der Waals surface area contributed by atoms with Crippen molar-refractivity contribution >= 4 is 0 Å². The Bertz CT molecular complexity index is 2170. The first-order valence-corrected chi connectivity index (χ1v) is 22.1. The Labute approximate surface area is 376 Å². The van der Waals surface area contributed by atoms with Crippen molar-refractivity contribution in [3.63, 3.8) is 0 Å². The van der Waals surface area contributed by atoms with Gasteiger partial charge in [0.1, 0.15) is 36.6 Å². The Hall–Kier alpha value is -5.08. The summed E-state index contributed by atoms with van der Waals surface area (Å²) >= 11 is 0. The van der Waals surface area contributed by atoms with Crippen LogP contribution in [0.4, 0.5) is 0 Å². The number of benzene rings is 6. The van der Waals surface area contributed by atoms with Gasteiger partial charge in [0, 0.05) is 6.42 Å². The van der Waals surface area contributed by atoms with Gasteiger partial charge >= 0.3 is 0 Å². The number of aliphatic hydroxyl groups is 1. The van der Waals surface area contributed by atoms with Crippen molar-refractivity contribution in [2.24, 2.45) is 0 Å². The monoisotopic (exact) mass is 866 g/mol. The van der Waals surface area contributed by atoms with Gasteiger partial charge in [0.25, 0.3) is 0 Å². The van der Waals surface area contributed by atoms with E-state index in [9.17, 15) is 5.11 Å². The number of hydrogen-bond acceptors (Lipinski definition) is 10. The lowest BCUT2D eigenvalue weighted by atomic mass is 9.97. The van der Waals surface area contributed by atoms with Crippen molar-refractivity contribution in [3.8, 4) is 0 Å². The van der Waals surface area contributed by atoms with Gasteiger partial charge in [-0.1, -0.05) is 182 Å². The molecule has 0 radical (unpaired) electrons. The van der Waals surface area contributed by atoms with E-state index in [2.05, 4.69) is 0 Å². The minimum absolute atomic E-state index is 0.0975. The summed E-state index contributed by atoms with van der Waals surface area (Å²) in [6.07, 6.45) is -6.78. The number of aliphatic hydroxyl groups excluding tert-OH is 1. The Morgan fingerprint density at radius 3 is 1.14 bits per heavy atom. The standard InChI is InChI=1S/C54H58O10/c55-54-53(61-37-45-29-17-6-18-30-45)52(60-36-44-27-15-5-16-28-44)51(48(63-54)39-57-33-41-21-9-2-10-22-41)64-49-31-46(58-34-42-23-11-3-12-24-42)50(59-35-43-25-13-4-14-26-43)47(62-49)38-56-32-40-19-7-1-8-20-40/h1-30,46-55H,31-39H2/t46-,47?,48?,49+,50?,51?,52?,53?,54?/m1/s1. The van der Waals surface area contributed by atoms with Crippen LogP contribution < -0.4 is 0 Å². The highest BCUT2D eigenvalue weighted by molar-refractivity contribution is 5.18. The highest BCUT2D eigenvalue weighted by atomic mass is 16.7. The molecule has 8 rings (SSSR count). The van der Waals surface area contributed by atoms with Gasteiger partial charge in [0.05, 0.1) is 59.0 Å². The summed E-state index contributed by atoms with van der Waals surface area (Å²) in [6, 6.07) is 59.8. The van der Waals surface area contributed by atoms with Crippen LogP contribution in [0.15, 0.2) is 182 Å². The normalized spacial score (nSPS) is 24.6. The van der Waals surface area contributed by atoms with Crippen LogP contribution in [0.3, 0.4) is 0 Å². The first kappa shape index (κ1) is 45.5. The van der Waals surface area contributed by atoms with Crippen LogP contribution in [0.5, 0.6) is 0 Å². The predicted octanol–water partition coefficient (Wildman–Crippen LogP) is 8.98. The summed E-state index contributed by atoms with van der Waals surface area (Å²) < 4.78 is 60.0. The largest absolute Gasteiger partial charge is 0.374 e. The van der Waals surface area contributed by atoms with E-state index in [1.54, 1.807) is 0 Å². The molecule has 6 aromatic rings. The molecule has 6 aromatic carbocycles. The molecule has 334 valence electrons.